The van der Waals surface area contributed by atoms with E-state index in [9.17, 15) is 0 Å². The van der Waals surface area contributed by atoms with Crippen molar-refractivity contribution in [1.29, 1.82) is 0 Å². The Balaban J connectivity index is 1.84. The molecule has 1 saturated heterocycles. The van der Waals surface area contributed by atoms with Gasteiger partial charge in [-0.2, -0.15) is 5.10 Å². The monoisotopic (exact) mass is 308 g/mol. The summed E-state index contributed by atoms with van der Waals surface area (Å²) in [5.74, 6) is 0. The van der Waals surface area contributed by atoms with Crippen LogP contribution >= 0.6 is 15.9 Å². The molecule has 1 N–H and O–H groups in total. The van der Waals surface area contributed by atoms with Crippen molar-refractivity contribution < 1.29 is 9.47 Å². The second kappa shape index (κ2) is 5.22. The van der Waals surface area contributed by atoms with Gasteiger partial charge in [-0.15, -0.1) is 0 Å². The molecule has 1 aromatic carbocycles. The minimum absolute atomic E-state index is 0.313. The van der Waals surface area contributed by atoms with Crippen LogP contribution in [0.5, 0.6) is 0 Å². The number of rotatable bonds is 2. The number of hydrogen-bond acceptors (Lipinski definition) is 3. The summed E-state index contributed by atoms with van der Waals surface area (Å²) in [6.07, 6.45) is 0.635. The Hall–Kier alpha value is -1.17. The van der Waals surface area contributed by atoms with E-state index in [1.807, 2.05) is 30.3 Å². The average Bonchev–Trinajstić information content (AvgIpc) is 2.89. The van der Waals surface area contributed by atoms with Crippen molar-refractivity contribution in [1.82, 2.24) is 10.2 Å². The zero-order valence-corrected chi connectivity index (χ0v) is 11.3. The highest BCUT2D eigenvalue weighted by Gasteiger charge is 2.19. The number of halogens is 1. The van der Waals surface area contributed by atoms with Gasteiger partial charge >= 0.3 is 0 Å². The lowest BCUT2D eigenvalue weighted by Crippen LogP contribution is -2.17. The van der Waals surface area contributed by atoms with E-state index < -0.39 is 0 Å². The van der Waals surface area contributed by atoms with Gasteiger partial charge in [-0.3, -0.25) is 5.10 Å². The van der Waals surface area contributed by atoms with E-state index in [4.69, 9.17) is 9.47 Å². The largest absolute Gasteiger partial charge is 0.347 e. The van der Waals surface area contributed by atoms with Crippen molar-refractivity contribution in [2.75, 3.05) is 13.2 Å². The maximum atomic E-state index is 5.53. The predicted molar refractivity (Wildman–Crippen MR) is 71.0 cm³/mol. The molecule has 4 nitrogen and oxygen atoms in total. The molecule has 1 aliphatic rings. The molecule has 0 saturated carbocycles. The third-order valence-electron chi connectivity index (χ3n) is 2.80. The number of aromatic amines is 1. The Morgan fingerprint density at radius 3 is 2.83 bits per heavy atom. The van der Waals surface area contributed by atoms with Gasteiger partial charge in [-0.25, -0.2) is 0 Å². The Morgan fingerprint density at radius 2 is 2.06 bits per heavy atom. The molecule has 2 heterocycles. The zero-order chi connectivity index (χ0) is 12.4. The van der Waals surface area contributed by atoms with Crippen LogP contribution < -0.4 is 0 Å². The molecule has 1 fully saturated rings. The molecular weight excluding hydrogens is 296 g/mol. The Labute approximate surface area is 113 Å². The molecule has 94 valence electrons. The molecule has 0 radical (unpaired) electrons. The zero-order valence-electron chi connectivity index (χ0n) is 9.73. The molecule has 0 atom stereocenters. The minimum atomic E-state index is -0.313. The van der Waals surface area contributed by atoms with Crippen LogP contribution in [0.2, 0.25) is 0 Å². The van der Waals surface area contributed by atoms with Gasteiger partial charge in [-0.05, 0) is 24.6 Å². The number of benzene rings is 1. The van der Waals surface area contributed by atoms with E-state index in [0.717, 1.165) is 41.1 Å². The molecule has 18 heavy (non-hydrogen) atoms. The Bertz CT molecular complexity index is 535. The molecule has 1 aliphatic heterocycles. The van der Waals surface area contributed by atoms with E-state index in [2.05, 4.69) is 26.1 Å². The fraction of sp³-hybridized carbons (Fsp3) is 0.308. The quantitative estimate of drug-likeness (QED) is 0.926. The van der Waals surface area contributed by atoms with Crippen LogP contribution in [0.25, 0.3) is 11.3 Å². The average molecular weight is 309 g/mol. The summed E-state index contributed by atoms with van der Waals surface area (Å²) < 4.78 is 12.1. The Kier molecular flexibility index (Phi) is 3.45. The van der Waals surface area contributed by atoms with Crippen molar-refractivity contribution in [3.8, 4) is 11.3 Å². The first-order valence-electron chi connectivity index (χ1n) is 5.87. The molecule has 5 heteroatoms. The van der Waals surface area contributed by atoms with Gasteiger partial charge in [0.05, 0.1) is 24.6 Å². The van der Waals surface area contributed by atoms with Gasteiger partial charge in [0.2, 0.25) is 6.29 Å². The lowest BCUT2D eigenvalue weighted by Gasteiger charge is -2.21. The van der Waals surface area contributed by atoms with Crippen molar-refractivity contribution in [3.63, 3.8) is 0 Å². The van der Waals surface area contributed by atoms with Crippen LogP contribution in [0.1, 0.15) is 18.4 Å². The molecule has 0 amide bonds. The topological polar surface area (TPSA) is 47.1 Å². The highest BCUT2D eigenvalue weighted by Crippen LogP contribution is 2.26. The second-order valence-electron chi connectivity index (χ2n) is 4.15. The van der Waals surface area contributed by atoms with Gasteiger partial charge < -0.3 is 9.47 Å². The fourth-order valence-corrected chi connectivity index (χ4v) is 2.32. The molecule has 2 aromatic rings. The van der Waals surface area contributed by atoms with Crippen LogP contribution in [-0.4, -0.2) is 23.4 Å². The normalized spacial score (nSPS) is 16.9. The Morgan fingerprint density at radius 1 is 1.22 bits per heavy atom. The highest BCUT2D eigenvalue weighted by molar-refractivity contribution is 9.10. The first-order valence-corrected chi connectivity index (χ1v) is 6.67. The van der Waals surface area contributed by atoms with Crippen LogP contribution in [-0.2, 0) is 9.47 Å². The van der Waals surface area contributed by atoms with E-state index in [-0.39, 0.29) is 6.29 Å². The number of ether oxygens (including phenoxy) is 2. The van der Waals surface area contributed by atoms with Crippen LogP contribution in [0, 0.1) is 0 Å². The summed E-state index contributed by atoms with van der Waals surface area (Å²) >= 11 is 3.46. The highest BCUT2D eigenvalue weighted by atomic mass is 79.9. The molecule has 0 aliphatic carbocycles. The smallest absolute Gasteiger partial charge is 0.200 e. The first kappa shape index (κ1) is 11.9. The van der Waals surface area contributed by atoms with Crippen molar-refractivity contribution in [2.45, 2.75) is 12.7 Å². The van der Waals surface area contributed by atoms with E-state index >= 15 is 0 Å². The number of aromatic nitrogens is 2. The summed E-state index contributed by atoms with van der Waals surface area (Å²) in [5, 5.41) is 7.28. The van der Waals surface area contributed by atoms with Gasteiger partial charge in [0.25, 0.3) is 0 Å². The van der Waals surface area contributed by atoms with E-state index in [1.54, 1.807) is 0 Å². The SMILES string of the molecule is Brc1cccc(-c2cc(C3OCCCO3)[nH]n2)c1. The lowest BCUT2D eigenvalue weighted by atomic mass is 10.1. The van der Waals surface area contributed by atoms with Gasteiger partial charge in [0.15, 0.2) is 0 Å². The summed E-state index contributed by atoms with van der Waals surface area (Å²) in [5.41, 5.74) is 2.82. The summed E-state index contributed by atoms with van der Waals surface area (Å²) in [7, 11) is 0. The van der Waals surface area contributed by atoms with Crippen molar-refractivity contribution in [2.24, 2.45) is 0 Å². The van der Waals surface area contributed by atoms with Crippen molar-refractivity contribution >= 4 is 15.9 Å². The summed E-state index contributed by atoms with van der Waals surface area (Å²) in [4.78, 5) is 0. The standard InChI is InChI=1S/C13H13BrN2O2/c14-10-4-1-3-9(7-10)11-8-12(16-15-11)13-17-5-2-6-18-13/h1,3-4,7-8,13H,2,5-6H2,(H,15,16). The van der Waals surface area contributed by atoms with E-state index in [1.165, 1.54) is 0 Å². The molecular formula is C13H13BrN2O2. The second-order valence-corrected chi connectivity index (χ2v) is 5.06. The van der Waals surface area contributed by atoms with Gasteiger partial charge in [0, 0.05) is 10.0 Å². The van der Waals surface area contributed by atoms with E-state index in [0.29, 0.717) is 0 Å². The third-order valence-corrected chi connectivity index (χ3v) is 3.29. The maximum absolute atomic E-state index is 5.53. The van der Waals surface area contributed by atoms with Crippen LogP contribution in [0.3, 0.4) is 0 Å². The lowest BCUT2D eigenvalue weighted by molar-refractivity contribution is -0.185. The van der Waals surface area contributed by atoms with Gasteiger partial charge in [0.1, 0.15) is 0 Å². The predicted octanol–water partition coefficient (Wildman–Crippen LogP) is 3.27. The summed E-state index contributed by atoms with van der Waals surface area (Å²) in [6, 6.07) is 10.00. The van der Waals surface area contributed by atoms with Crippen LogP contribution in [0.15, 0.2) is 34.8 Å². The first-order chi connectivity index (χ1) is 8.83. The number of hydrogen-bond donors (Lipinski definition) is 1. The third kappa shape index (κ3) is 2.48. The summed E-state index contributed by atoms with van der Waals surface area (Å²) in [6.45, 7) is 1.46. The number of nitrogens with one attached hydrogen (secondary N) is 1. The number of H-pyrrole nitrogens is 1. The molecule has 3 rings (SSSR count). The fourth-order valence-electron chi connectivity index (χ4n) is 1.92. The molecule has 0 bridgehead atoms. The molecule has 1 aromatic heterocycles. The maximum Gasteiger partial charge on any atom is 0.200 e. The minimum Gasteiger partial charge on any atom is -0.347 e. The van der Waals surface area contributed by atoms with Crippen LogP contribution in [0.4, 0.5) is 0 Å². The molecule has 0 unspecified atom stereocenters. The van der Waals surface area contributed by atoms with Gasteiger partial charge in [-0.1, -0.05) is 28.1 Å². The number of nitrogens with zero attached hydrogens (tertiary/aromatic N) is 1. The molecule has 0 spiro atoms. The van der Waals surface area contributed by atoms with Crippen molar-refractivity contribution in [3.05, 3.63) is 40.5 Å².